The van der Waals surface area contributed by atoms with Crippen molar-refractivity contribution in [2.75, 3.05) is 20.3 Å². The van der Waals surface area contributed by atoms with Crippen LogP contribution in [0.5, 0.6) is 0 Å². The zero-order chi connectivity index (χ0) is 7.82. The highest BCUT2D eigenvalue weighted by Gasteiger charge is 1.94. The molecular weight excluding hydrogens is 126 g/mol. The molecule has 0 saturated heterocycles. The molecule has 0 atom stereocenters. The Bertz CT molecular complexity index is 66.3. The number of hydrogen-bond acceptors (Lipinski definition) is 1. The van der Waals surface area contributed by atoms with Gasteiger partial charge in [0.25, 0.3) is 0 Å². The molecule has 0 N–H and O–H groups in total. The molecule has 0 aromatic heterocycles. The summed E-state index contributed by atoms with van der Waals surface area (Å²) in [7, 11) is 1.87. The van der Waals surface area contributed by atoms with Crippen LogP contribution in [-0.2, 0) is 5.11 Å². The van der Waals surface area contributed by atoms with E-state index >= 15 is 0 Å². The fourth-order valence-electron chi connectivity index (χ4n) is 0.873. The molecule has 0 spiro atoms. The summed E-state index contributed by atoms with van der Waals surface area (Å²) in [5, 5.41) is 10.2. The van der Waals surface area contributed by atoms with Crippen molar-refractivity contribution < 1.29 is 5.11 Å². The van der Waals surface area contributed by atoms with Crippen molar-refractivity contribution in [3.05, 3.63) is 0 Å². The summed E-state index contributed by atoms with van der Waals surface area (Å²) in [5.74, 6) is 0. The van der Waals surface area contributed by atoms with Crippen molar-refractivity contribution >= 4 is 0 Å². The van der Waals surface area contributed by atoms with Crippen LogP contribution in [0.25, 0.3) is 0 Å². The van der Waals surface area contributed by atoms with Gasteiger partial charge in [-0.2, -0.15) is 0 Å². The molecule has 0 rings (SSSR count). The average molecular weight is 144 g/mol. The molecule has 0 aliphatic rings. The highest BCUT2D eigenvalue weighted by atomic mass is 16.3. The van der Waals surface area contributed by atoms with Crippen LogP contribution in [0, 0.1) is 0 Å². The molecule has 0 aromatic carbocycles. The van der Waals surface area contributed by atoms with Crippen LogP contribution in [0.2, 0.25) is 0 Å². The Kier molecular flexibility index (Phi) is 6.98. The molecule has 1 radical (unpaired) electrons. The molecule has 0 aliphatic heterocycles. The summed E-state index contributed by atoms with van der Waals surface area (Å²) in [4.78, 5) is 1.82. The Morgan fingerprint density at radius 2 is 1.90 bits per heavy atom. The maximum absolute atomic E-state index is 10.2. The molecule has 0 saturated carbocycles. The molecule has 0 bridgehead atoms. The fraction of sp³-hybridized carbons (Fsp3) is 1.00. The van der Waals surface area contributed by atoms with Gasteiger partial charge in [-0.05, 0) is 13.5 Å². The zero-order valence-corrected chi connectivity index (χ0v) is 7.10. The molecule has 10 heavy (non-hydrogen) atoms. The predicted molar refractivity (Wildman–Crippen MR) is 42.3 cm³/mol. The van der Waals surface area contributed by atoms with Crippen LogP contribution in [0.1, 0.15) is 32.6 Å². The van der Waals surface area contributed by atoms with E-state index in [9.17, 15) is 5.11 Å². The summed E-state index contributed by atoms with van der Waals surface area (Å²) in [6.45, 7) is 3.09. The Morgan fingerprint density at radius 1 is 1.20 bits per heavy atom. The van der Waals surface area contributed by atoms with Gasteiger partial charge in [-0.3, -0.25) is 4.90 Å². The van der Waals surface area contributed by atoms with Gasteiger partial charge in [-0.25, -0.2) is 5.11 Å². The quantitative estimate of drug-likeness (QED) is 0.412. The molecule has 2 nitrogen and oxygen atoms in total. The highest BCUT2D eigenvalue weighted by Crippen LogP contribution is 1.99. The summed E-state index contributed by atoms with van der Waals surface area (Å²) >= 11 is 0. The van der Waals surface area contributed by atoms with Gasteiger partial charge in [0.05, 0.1) is 0 Å². The molecule has 0 amide bonds. The third-order valence-electron chi connectivity index (χ3n) is 1.61. The summed E-state index contributed by atoms with van der Waals surface area (Å²) in [6.07, 6.45) is 5.00. The lowest BCUT2D eigenvalue weighted by molar-refractivity contribution is 0.0686. The van der Waals surface area contributed by atoms with Gasteiger partial charge in [0.2, 0.25) is 0 Å². The summed E-state index contributed by atoms with van der Waals surface area (Å²) in [6, 6.07) is 0. The maximum Gasteiger partial charge on any atom is 0.135 e. The first-order chi connectivity index (χ1) is 4.81. The van der Waals surface area contributed by atoms with E-state index in [1.54, 1.807) is 0 Å². The topological polar surface area (TPSA) is 23.1 Å². The smallest absolute Gasteiger partial charge is 0.135 e. The van der Waals surface area contributed by atoms with Gasteiger partial charge >= 0.3 is 0 Å². The van der Waals surface area contributed by atoms with Crippen LogP contribution in [0.4, 0.5) is 0 Å². The Balaban J connectivity index is 2.89. The first-order valence-corrected chi connectivity index (χ1v) is 4.08. The van der Waals surface area contributed by atoms with Crippen LogP contribution in [-0.4, -0.2) is 25.2 Å². The van der Waals surface area contributed by atoms with Crippen LogP contribution in [0.3, 0.4) is 0 Å². The van der Waals surface area contributed by atoms with Crippen LogP contribution >= 0.6 is 0 Å². The van der Waals surface area contributed by atoms with Gasteiger partial charge in [-0.1, -0.05) is 26.2 Å². The standard InChI is InChI=1S/C8H18NO/c1-3-4-5-6-7-9(2)8-10/h3-8H2,1-2H3. The van der Waals surface area contributed by atoms with Crippen molar-refractivity contribution in [1.82, 2.24) is 4.90 Å². The van der Waals surface area contributed by atoms with Gasteiger partial charge < -0.3 is 0 Å². The lowest BCUT2D eigenvalue weighted by Crippen LogP contribution is -2.19. The lowest BCUT2D eigenvalue weighted by atomic mass is 10.2. The lowest BCUT2D eigenvalue weighted by Gasteiger charge is -2.10. The monoisotopic (exact) mass is 144 g/mol. The molecule has 2 heteroatoms. The fourth-order valence-corrected chi connectivity index (χ4v) is 0.873. The Hall–Kier alpha value is -0.0800. The van der Waals surface area contributed by atoms with Crippen molar-refractivity contribution in [2.24, 2.45) is 0 Å². The van der Waals surface area contributed by atoms with E-state index in [4.69, 9.17) is 0 Å². The Morgan fingerprint density at radius 3 is 2.40 bits per heavy atom. The summed E-state index contributed by atoms with van der Waals surface area (Å²) < 4.78 is 0. The minimum absolute atomic E-state index is 0.0634. The molecule has 61 valence electrons. The van der Waals surface area contributed by atoms with E-state index in [0.717, 1.165) is 6.54 Å². The van der Waals surface area contributed by atoms with E-state index in [-0.39, 0.29) is 6.73 Å². The molecule has 0 heterocycles. The average Bonchev–Trinajstić information content (AvgIpc) is 1.98. The van der Waals surface area contributed by atoms with Gasteiger partial charge in [0.1, 0.15) is 6.73 Å². The van der Waals surface area contributed by atoms with E-state index in [1.807, 2.05) is 11.9 Å². The number of hydrogen-bond donors (Lipinski definition) is 0. The van der Waals surface area contributed by atoms with Crippen molar-refractivity contribution in [2.45, 2.75) is 32.6 Å². The third-order valence-corrected chi connectivity index (χ3v) is 1.61. The second-order valence-electron chi connectivity index (χ2n) is 2.77. The second-order valence-corrected chi connectivity index (χ2v) is 2.77. The minimum Gasteiger partial charge on any atom is -0.281 e. The number of rotatable bonds is 6. The molecular formula is C8H18NO. The van der Waals surface area contributed by atoms with E-state index in [0.29, 0.717) is 0 Å². The number of unbranched alkanes of at least 4 members (excludes halogenated alkanes) is 3. The third kappa shape index (κ3) is 6.05. The van der Waals surface area contributed by atoms with E-state index in [2.05, 4.69) is 6.92 Å². The van der Waals surface area contributed by atoms with Crippen LogP contribution < -0.4 is 0 Å². The highest BCUT2D eigenvalue weighted by molar-refractivity contribution is 4.45. The molecule has 0 aromatic rings. The SMILES string of the molecule is CCCCCCN(C)C[O]. The van der Waals surface area contributed by atoms with Gasteiger partial charge in [0.15, 0.2) is 0 Å². The van der Waals surface area contributed by atoms with Crippen molar-refractivity contribution in [1.29, 1.82) is 0 Å². The summed E-state index contributed by atoms with van der Waals surface area (Å²) in [5.41, 5.74) is 0. The molecule has 0 aliphatic carbocycles. The first-order valence-electron chi connectivity index (χ1n) is 4.08. The molecule has 0 fully saturated rings. The second kappa shape index (κ2) is 7.03. The van der Waals surface area contributed by atoms with Gasteiger partial charge in [0, 0.05) is 6.54 Å². The maximum atomic E-state index is 10.2. The minimum atomic E-state index is -0.0634. The van der Waals surface area contributed by atoms with Crippen molar-refractivity contribution in [3.8, 4) is 0 Å². The molecule has 0 unspecified atom stereocenters. The van der Waals surface area contributed by atoms with E-state index < -0.39 is 0 Å². The van der Waals surface area contributed by atoms with E-state index in [1.165, 1.54) is 25.7 Å². The zero-order valence-electron chi connectivity index (χ0n) is 7.10. The predicted octanol–water partition coefficient (Wildman–Crippen LogP) is 1.89. The van der Waals surface area contributed by atoms with Crippen LogP contribution in [0.15, 0.2) is 0 Å². The Labute approximate surface area is 63.8 Å². The van der Waals surface area contributed by atoms with Gasteiger partial charge in [-0.15, -0.1) is 0 Å². The normalized spacial score (nSPS) is 10.8. The first kappa shape index (κ1) is 9.92. The van der Waals surface area contributed by atoms with Crippen molar-refractivity contribution in [3.63, 3.8) is 0 Å². The largest absolute Gasteiger partial charge is 0.281 e. The number of nitrogens with zero attached hydrogens (tertiary/aromatic N) is 1.